The van der Waals surface area contributed by atoms with Crippen molar-refractivity contribution in [1.82, 2.24) is 0 Å². The van der Waals surface area contributed by atoms with Crippen LogP contribution in [0.25, 0.3) is 0 Å². The van der Waals surface area contributed by atoms with Crippen LogP contribution in [0.1, 0.15) is 38.4 Å². The molecule has 0 saturated carbocycles. The van der Waals surface area contributed by atoms with Crippen molar-refractivity contribution in [1.29, 1.82) is 0 Å². The number of nitrogens with two attached hydrogens (primary N) is 1. The molecule has 19 heavy (non-hydrogen) atoms. The monoisotopic (exact) mass is 267 g/mol. The third kappa shape index (κ3) is 6.05. The number of benzene rings is 1. The van der Waals surface area contributed by atoms with E-state index in [0.717, 1.165) is 30.8 Å². The molecule has 1 aromatic carbocycles. The number of rotatable bonds is 9. The zero-order valence-electron chi connectivity index (χ0n) is 11.8. The van der Waals surface area contributed by atoms with Crippen LogP contribution in [0.4, 0.5) is 0 Å². The zero-order valence-corrected chi connectivity index (χ0v) is 11.8. The summed E-state index contributed by atoms with van der Waals surface area (Å²) in [6.07, 6.45) is 1.56. The van der Waals surface area contributed by atoms with E-state index < -0.39 is 6.10 Å². The van der Waals surface area contributed by atoms with Gasteiger partial charge in [0.25, 0.3) is 0 Å². The van der Waals surface area contributed by atoms with E-state index in [9.17, 15) is 5.11 Å². The van der Waals surface area contributed by atoms with E-state index in [0.29, 0.717) is 6.61 Å². The van der Waals surface area contributed by atoms with E-state index in [-0.39, 0.29) is 12.6 Å². The molecular formula is C15H25NO3. The lowest BCUT2D eigenvalue weighted by Gasteiger charge is -2.16. The van der Waals surface area contributed by atoms with Crippen molar-refractivity contribution in [3.8, 4) is 5.75 Å². The Morgan fingerprint density at radius 3 is 2.84 bits per heavy atom. The molecule has 0 radical (unpaired) electrons. The number of hydrogen-bond donors (Lipinski definition) is 2. The molecule has 4 heteroatoms. The van der Waals surface area contributed by atoms with Gasteiger partial charge < -0.3 is 20.3 Å². The van der Waals surface area contributed by atoms with Crippen molar-refractivity contribution in [2.24, 2.45) is 5.73 Å². The summed E-state index contributed by atoms with van der Waals surface area (Å²) in [5.41, 5.74) is 6.22. The number of aliphatic hydroxyl groups excluding tert-OH is 1. The summed E-state index contributed by atoms with van der Waals surface area (Å²) >= 11 is 0. The van der Waals surface area contributed by atoms with Crippen LogP contribution in [0.15, 0.2) is 24.3 Å². The Balaban J connectivity index is 2.43. The molecule has 0 aliphatic carbocycles. The maximum absolute atomic E-state index is 9.68. The molecule has 0 heterocycles. The van der Waals surface area contributed by atoms with Crippen LogP contribution >= 0.6 is 0 Å². The van der Waals surface area contributed by atoms with Gasteiger partial charge in [-0.3, -0.25) is 0 Å². The lowest BCUT2D eigenvalue weighted by atomic mass is 10.1. The second-order valence-corrected chi connectivity index (χ2v) is 4.68. The first-order valence-electron chi connectivity index (χ1n) is 6.89. The summed E-state index contributed by atoms with van der Waals surface area (Å²) in [5.74, 6) is 0.733. The van der Waals surface area contributed by atoms with Gasteiger partial charge in [0.1, 0.15) is 11.9 Å². The number of ether oxygens (including phenoxy) is 2. The third-order valence-corrected chi connectivity index (χ3v) is 2.80. The van der Waals surface area contributed by atoms with Crippen molar-refractivity contribution in [2.45, 2.75) is 38.9 Å². The maximum atomic E-state index is 9.68. The quantitative estimate of drug-likeness (QED) is 0.674. The fourth-order valence-electron chi connectivity index (χ4n) is 1.69. The van der Waals surface area contributed by atoms with Crippen molar-refractivity contribution in [3.63, 3.8) is 0 Å². The van der Waals surface area contributed by atoms with Gasteiger partial charge in [0.2, 0.25) is 0 Å². The van der Waals surface area contributed by atoms with Crippen LogP contribution in [0.3, 0.4) is 0 Å². The van der Waals surface area contributed by atoms with Crippen molar-refractivity contribution in [3.05, 3.63) is 29.8 Å². The van der Waals surface area contributed by atoms with E-state index in [1.807, 2.05) is 31.2 Å². The zero-order chi connectivity index (χ0) is 14.1. The summed E-state index contributed by atoms with van der Waals surface area (Å²) < 4.78 is 11.3. The van der Waals surface area contributed by atoms with Gasteiger partial charge in [-0.25, -0.2) is 0 Å². The van der Waals surface area contributed by atoms with Gasteiger partial charge in [0, 0.05) is 13.2 Å². The average molecular weight is 267 g/mol. The molecule has 0 aliphatic rings. The van der Waals surface area contributed by atoms with Crippen LogP contribution in [0.5, 0.6) is 5.75 Å². The highest BCUT2D eigenvalue weighted by Gasteiger charge is 2.08. The first kappa shape index (κ1) is 16.0. The summed E-state index contributed by atoms with van der Waals surface area (Å²) in [5, 5.41) is 9.68. The predicted molar refractivity (Wildman–Crippen MR) is 76.3 cm³/mol. The minimum absolute atomic E-state index is 0.0119. The van der Waals surface area contributed by atoms with Crippen molar-refractivity contribution >= 4 is 0 Å². The molecule has 4 nitrogen and oxygen atoms in total. The Hall–Kier alpha value is -1.10. The molecular weight excluding hydrogens is 242 g/mol. The van der Waals surface area contributed by atoms with E-state index in [4.69, 9.17) is 15.2 Å². The molecule has 108 valence electrons. The molecule has 0 fully saturated rings. The Kier molecular flexibility index (Phi) is 7.48. The first-order chi connectivity index (χ1) is 9.17. The Labute approximate surface area is 115 Å². The van der Waals surface area contributed by atoms with Crippen molar-refractivity contribution < 1.29 is 14.6 Å². The minimum Gasteiger partial charge on any atom is -0.488 e. The van der Waals surface area contributed by atoms with Crippen LogP contribution in [-0.2, 0) is 4.74 Å². The molecule has 0 amide bonds. The summed E-state index contributed by atoms with van der Waals surface area (Å²) in [6.45, 7) is 5.66. The number of hydrogen-bond acceptors (Lipinski definition) is 4. The molecule has 3 N–H and O–H groups in total. The molecule has 0 aromatic heterocycles. The van der Waals surface area contributed by atoms with E-state index in [2.05, 4.69) is 6.92 Å². The molecule has 2 atom stereocenters. The van der Waals surface area contributed by atoms with Crippen LogP contribution in [0.2, 0.25) is 0 Å². The molecule has 1 aromatic rings. The summed E-state index contributed by atoms with van der Waals surface area (Å²) in [4.78, 5) is 0. The van der Waals surface area contributed by atoms with Gasteiger partial charge in [0.15, 0.2) is 0 Å². The van der Waals surface area contributed by atoms with Gasteiger partial charge in [-0.15, -0.1) is 0 Å². The lowest BCUT2D eigenvalue weighted by Crippen LogP contribution is -2.19. The normalized spacial score (nSPS) is 14.1. The van der Waals surface area contributed by atoms with Gasteiger partial charge in [-0.1, -0.05) is 25.5 Å². The largest absolute Gasteiger partial charge is 0.488 e. The van der Waals surface area contributed by atoms with Crippen LogP contribution in [-0.4, -0.2) is 31.0 Å². The van der Waals surface area contributed by atoms with Crippen molar-refractivity contribution in [2.75, 3.05) is 19.8 Å². The smallest absolute Gasteiger partial charge is 0.120 e. The van der Waals surface area contributed by atoms with Gasteiger partial charge in [0.05, 0.1) is 12.7 Å². The summed E-state index contributed by atoms with van der Waals surface area (Å²) in [6, 6.07) is 7.39. The Morgan fingerprint density at radius 1 is 1.37 bits per heavy atom. The fraction of sp³-hybridized carbons (Fsp3) is 0.600. The number of unbranched alkanes of at least 4 members (excludes halogenated alkanes) is 1. The maximum Gasteiger partial charge on any atom is 0.120 e. The second kappa shape index (κ2) is 8.91. The molecule has 1 rings (SSSR count). The van der Waals surface area contributed by atoms with E-state index in [1.165, 1.54) is 0 Å². The van der Waals surface area contributed by atoms with Gasteiger partial charge >= 0.3 is 0 Å². The Morgan fingerprint density at radius 2 is 2.16 bits per heavy atom. The highest BCUT2D eigenvalue weighted by Crippen LogP contribution is 2.19. The molecule has 0 spiro atoms. The van der Waals surface area contributed by atoms with Gasteiger partial charge in [-0.05, 0) is 31.0 Å². The van der Waals surface area contributed by atoms with E-state index in [1.54, 1.807) is 0 Å². The third-order valence-electron chi connectivity index (χ3n) is 2.80. The SMILES string of the molecule is CCCCOC[C@@H](C)Oc1cccc([C@H](O)CN)c1. The standard InChI is InChI=1S/C15H25NO3/c1-3-4-8-18-11-12(2)19-14-7-5-6-13(9-14)15(17)10-16/h5-7,9,12,15,17H,3-4,8,10-11,16H2,1-2H3/t12-,15-/m1/s1. The predicted octanol–water partition coefficient (Wildman–Crippen LogP) is 2.26. The first-order valence-corrected chi connectivity index (χ1v) is 6.89. The van der Waals surface area contributed by atoms with Crippen LogP contribution < -0.4 is 10.5 Å². The van der Waals surface area contributed by atoms with Gasteiger partial charge in [-0.2, -0.15) is 0 Å². The molecule has 0 unspecified atom stereocenters. The molecule has 0 bridgehead atoms. The van der Waals surface area contributed by atoms with E-state index >= 15 is 0 Å². The molecule has 0 saturated heterocycles. The van der Waals surface area contributed by atoms with Crippen LogP contribution in [0, 0.1) is 0 Å². The average Bonchev–Trinajstić information content (AvgIpc) is 2.43. The fourth-order valence-corrected chi connectivity index (χ4v) is 1.69. The minimum atomic E-state index is -0.639. The highest BCUT2D eigenvalue weighted by atomic mass is 16.5. The highest BCUT2D eigenvalue weighted by molar-refractivity contribution is 5.30. The summed E-state index contributed by atoms with van der Waals surface area (Å²) in [7, 11) is 0. The number of aliphatic hydroxyl groups is 1. The lowest BCUT2D eigenvalue weighted by molar-refractivity contribution is 0.0570. The Bertz CT molecular complexity index is 357. The second-order valence-electron chi connectivity index (χ2n) is 4.68. The molecule has 0 aliphatic heterocycles. The topological polar surface area (TPSA) is 64.7 Å².